The van der Waals surface area contributed by atoms with Crippen molar-refractivity contribution in [3.63, 3.8) is 0 Å². The van der Waals surface area contributed by atoms with Crippen molar-refractivity contribution in [2.75, 3.05) is 0 Å². The number of hydrogen-bond donors (Lipinski definition) is 0. The van der Waals surface area contributed by atoms with Gasteiger partial charge in [0.05, 0.1) is 8.07 Å². The zero-order chi connectivity index (χ0) is 33.1. The van der Waals surface area contributed by atoms with Crippen LogP contribution in [0.2, 0.25) is 19.6 Å². The second-order valence-electron chi connectivity index (χ2n) is 13.4. The molecule has 1 unspecified atom stereocenters. The molecule has 4 aromatic carbocycles. The molecule has 0 saturated heterocycles. The van der Waals surface area contributed by atoms with E-state index >= 15 is 0 Å². The fourth-order valence-electron chi connectivity index (χ4n) is 5.55. The predicted octanol–water partition coefficient (Wildman–Crippen LogP) is 11.6. The number of nitrogens with zero attached hydrogens (tertiary/aromatic N) is 2. The summed E-state index contributed by atoms with van der Waals surface area (Å²) in [6.07, 6.45) is 3.93. The number of benzene rings is 4. The normalized spacial score (nSPS) is 12.0. The summed E-state index contributed by atoms with van der Waals surface area (Å²) in [7, 11) is -1.23. The van der Waals surface area contributed by atoms with Crippen LogP contribution in [0.4, 0.5) is 4.39 Å². The molecular formula is C42H39FIrN2SSi-2. The van der Waals surface area contributed by atoms with E-state index in [-0.39, 0.29) is 25.9 Å². The molecule has 0 bridgehead atoms. The van der Waals surface area contributed by atoms with Gasteiger partial charge in [0, 0.05) is 37.2 Å². The van der Waals surface area contributed by atoms with Gasteiger partial charge in [0.25, 0.3) is 0 Å². The summed E-state index contributed by atoms with van der Waals surface area (Å²) >= 11 is 1.77. The molecule has 0 aliphatic heterocycles. The van der Waals surface area contributed by atoms with E-state index in [1.54, 1.807) is 11.3 Å². The van der Waals surface area contributed by atoms with Gasteiger partial charge in [0.1, 0.15) is 5.82 Å². The number of halogens is 1. The van der Waals surface area contributed by atoms with E-state index in [9.17, 15) is 4.39 Å². The Kier molecular flexibility index (Phi) is 11.2. The molecular weight excluding hydrogens is 804 g/mol. The van der Waals surface area contributed by atoms with E-state index in [4.69, 9.17) is 0 Å². The van der Waals surface area contributed by atoms with Crippen molar-refractivity contribution >= 4 is 44.8 Å². The van der Waals surface area contributed by atoms with E-state index in [0.717, 1.165) is 33.6 Å². The van der Waals surface area contributed by atoms with Crippen LogP contribution in [0.5, 0.6) is 0 Å². The quantitative estimate of drug-likeness (QED) is 0.123. The minimum absolute atomic E-state index is 0. The summed E-state index contributed by atoms with van der Waals surface area (Å²) < 4.78 is 15.7. The number of hydrogen-bond acceptors (Lipinski definition) is 3. The first kappa shape index (κ1) is 35.5. The monoisotopic (exact) mass is 843 g/mol. The molecule has 0 aliphatic carbocycles. The summed E-state index contributed by atoms with van der Waals surface area (Å²) in [6, 6.07) is 40.5. The number of thiophene rings is 1. The zero-order valence-corrected chi connectivity index (χ0v) is 32.3. The third-order valence-electron chi connectivity index (χ3n) is 8.79. The van der Waals surface area contributed by atoms with Crippen molar-refractivity contribution in [1.29, 1.82) is 0 Å². The molecule has 0 saturated carbocycles. The van der Waals surface area contributed by atoms with Crippen LogP contribution in [0.15, 0.2) is 116 Å². The van der Waals surface area contributed by atoms with Gasteiger partial charge >= 0.3 is 0 Å². The summed E-state index contributed by atoms with van der Waals surface area (Å²) in [5.41, 5.74) is 7.51. The third kappa shape index (κ3) is 7.90. The molecule has 0 fully saturated rings. The zero-order valence-electron chi connectivity index (χ0n) is 28.1. The van der Waals surface area contributed by atoms with Crippen molar-refractivity contribution in [3.8, 4) is 33.6 Å². The second-order valence-corrected chi connectivity index (χ2v) is 19.5. The fraction of sp³-hybridized carbons (Fsp3) is 0.190. The Labute approximate surface area is 302 Å². The molecule has 7 rings (SSSR count). The largest absolute Gasteiger partial charge is 0.305 e. The molecule has 3 aromatic heterocycles. The van der Waals surface area contributed by atoms with Gasteiger partial charge in [0.2, 0.25) is 0 Å². The van der Waals surface area contributed by atoms with Crippen LogP contribution in [0.1, 0.15) is 32.3 Å². The van der Waals surface area contributed by atoms with Crippen molar-refractivity contribution in [1.82, 2.24) is 9.97 Å². The molecule has 6 heteroatoms. The molecule has 7 aromatic rings. The first-order valence-electron chi connectivity index (χ1n) is 16.1. The van der Waals surface area contributed by atoms with Gasteiger partial charge in [-0.15, -0.1) is 59.7 Å². The molecule has 2 nitrogen and oxygen atoms in total. The SMILES string of the molecule is CC(C)C(C)c1ccnc(-c2[c-]ccc3c2sc2cc(-c4ccc(F)cc4)ccc23)c1.C[Si](C)(C)c1ccc(-c2[c-]cccc2)nc1.[Ir]. The van der Waals surface area contributed by atoms with Crippen LogP contribution in [0.3, 0.4) is 0 Å². The van der Waals surface area contributed by atoms with Crippen LogP contribution >= 0.6 is 11.3 Å². The van der Waals surface area contributed by atoms with E-state index in [1.807, 2.05) is 54.9 Å². The molecule has 48 heavy (non-hydrogen) atoms. The fourth-order valence-corrected chi connectivity index (χ4v) is 7.84. The van der Waals surface area contributed by atoms with Crippen molar-refractivity contribution in [2.24, 2.45) is 5.92 Å². The van der Waals surface area contributed by atoms with Gasteiger partial charge in [-0.05, 0) is 73.9 Å². The van der Waals surface area contributed by atoms with Gasteiger partial charge in [-0.25, -0.2) is 4.39 Å². The van der Waals surface area contributed by atoms with E-state index in [2.05, 4.69) is 111 Å². The van der Waals surface area contributed by atoms with Crippen molar-refractivity contribution < 1.29 is 24.5 Å². The Bertz CT molecular complexity index is 2120. The maximum absolute atomic E-state index is 13.3. The number of fused-ring (bicyclic) bond motifs is 3. The average molecular weight is 843 g/mol. The van der Waals surface area contributed by atoms with Crippen LogP contribution in [0.25, 0.3) is 53.8 Å². The molecule has 1 atom stereocenters. The van der Waals surface area contributed by atoms with Gasteiger partial charge in [-0.2, -0.15) is 11.3 Å². The molecule has 1 radical (unpaired) electrons. The number of pyridine rings is 2. The summed E-state index contributed by atoms with van der Waals surface area (Å²) in [6.45, 7) is 13.8. The van der Waals surface area contributed by atoms with Crippen LogP contribution in [-0.4, -0.2) is 18.0 Å². The summed E-state index contributed by atoms with van der Waals surface area (Å²) in [5.74, 6) is 0.833. The summed E-state index contributed by atoms with van der Waals surface area (Å²) in [5, 5.41) is 3.85. The van der Waals surface area contributed by atoms with Gasteiger partial charge in [-0.1, -0.05) is 93.8 Å². The minimum atomic E-state index is -1.23. The maximum Gasteiger partial charge on any atom is 0.123 e. The van der Waals surface area contributed by atoms with Crippen molar-refractivity contribution in [3.05, 3.63) is 139 Å². The van der Waals surface area contributed by atoms with Crippen LogP contribution in [-0.2, 0) is 20.1 Å². The molecule has 245 valence electrons. The average Bonchev–Trinajstić information content (AvgIpc) is 3.47. The Balaban J connectivity index is 0.000000224. The third-order valence-corrected chi connectivity index (χ3v) is 12.0. The first-order chi connectivity index (χ1) is 22.6. The van der Waals surface area contributed by atoms with Crippen LogP contribution in [0, 0.1) is 23.9 Å². The Morgan fingerprint density at radius 1 is 0.729 bits per heavy atom. The predicted molar refractivity (Wildman–Crippen MR) is 202 cm³/mol. The minimum Gasteiger partial charge on any atom is -0.305 e. The van der Waals surface area contributed by atoms with E-state index < -0.39 is 8.07 Å². The molecule has 3 heterocycles. The molecule has 0 spiro atoms. The van der Waals surface area contributed by atoms with Crippen LogP contribution < -0.4 is 5.19 Å². The standard InChI is InChI=1S/C28H23FNS.C14H16NSi.Ir/c1-17(2)18(3)20-13-14-30-26(15-20)25-6-4-5-24-23-12-9-21(16-27(23)31-28(24)25)19-7-10-22(29)11-8-19;1-16(2,3)13-9-10-14(15-11-13)12-7-5-4-6-8-12;/h4-5,7-18H,1-3H3;4-7,9-11H,1-3H3;/q2*-1;. The van der Waals surface area contributed by atoms with Gasteiger partial charge in [-0.3, -0.25) is 0 Å². The van der Waals surface area contributed by atoms with Gasteiger partial charge < -0.3 is 9.97 Å². The van der Waals surface area contributed by atoms with E-state index in [1.165, 1.54) is 43.1 Å². The molecule has 0 aliphatic rings. The first-order valence-corrected chi connectivity index (χ1v) is 20.4. The maximum atomic E-state index is 13.3. The van der Waals surface area contributed by atoms with Gasteiger partial charge in [0.15, 0.2) is 0 Å². The summed E-state index contributed by atoms with van der Waals surface area (Å²) in [4.78, 5) is 9.20. The smallest absolute Gasteiger partial charge is 0.123 e. The Morgan fingerprint density at radius 3 is 2.17 bits per heavy atom. The molecule has 0 N–H and O–H groups in total. The Hall–Kier alpha value is -3.80. The molecule has 0 amide bonds. The number of rotatable bonds is 6. The van der Waals surface area contributed by atoms with Crippen molar-refractivity contribution in [2.45, 2.75) is 46.3 Å². The Morgan fingerprint density at radius 2 is 1.50 bits per heavy atom. The second kappa shape index (κ2) is 15.2. The van der Waals surface area contributed by atoms with E-state index in [0.29, 0.717) is 11.8 Å². The topological polar surface area (TPSA) is 25.8 Å². The number of aromatic nitrogens is 2.